The first-order valence-corrected chi connectivity index (χ1v) is 28.8. The van der Waals surface area contributed by atoms with E-state index in [0.717, 1.165) is 135 Å². The van der Waals surface area contributed by atoms with Gasteiger partial charge in [-0.05, 0) is 143 Å². The molecule has 2 aliphatic carbocycles. The van der Waals surface area contributed by atoms with Crippen LogP contribution in [0, 0.1) is 5.41 Å². The summed E-state index contributed by atoms with van der Waals surface area (Å²) in [5.41, 5.74) is 8.97. The second kappa shape index (κ2) is 29.5. The van der Waals surface area contributed by atoms with Gasteiger partial charge in [-0.2, -0.15) is 0 Å². The van der Waals surface area contributed by atoms with Gasteiger partial charge in [0.2, 0.25) is 5.97 Å². The molecule has 4 saturated heterocycles. The number of aldehydes is 1. The van der Waals surface area contributed by atoms with Gasteiger partial charge in [-0.1, -0.05) is 31.9 Å². The van der Waals surface area contributed by atoms with Crippen LogP contribution in [-0.4, -0.2) is 135 Å². The van der Waals surface area contributed by atoms with Crippen LogP contribution in [0.25, 0.3) is 0 Å². The number of ether oxygens (including phenoxy) is 6. The number of amides is 4. The van der Waals surface area contributed by atoms with Crippen molar-refractivity contribution in [1.29, 1.82) is 0 Å². The molecule has 10 aliphatic rings. The van der Waals surface area contributed by atoms with Gasteiger partial charge < -0.3 is 67.3 Å². The molecule has 447 valence electrons. The van der Waals surface area contributed by atoms with Crippen molar-refractivity contribution in [2.24, 2.45) is 11.1 Å². The minimum atomic E-state index is -0.639. The number of nitrogens with zero attached hydrogens (tertiary/aromatic N) is 4. The predicted octanol–water partition coefficient (Wildman–Crippen LogP) is 3.75. The largest absolute Gasteiger partial charge is 1.00 e. The molecule has 3 radical (unpaired) electrons. The minimum absolute atomic E-state index is 0. The second-order valence-electron chi connectivity index (χ2n) is 21.5. The number of aromatic nitrogens is 2. The van der Waals surface area contributed by atoms with Gasteiger partial charge in [-0.25, -0.2) is 29.3 Å². The van der Waals surface area contributed by atoms with Gasteiger partial charge in [0.05, 0.1) is 35.8 Å². The van der Waals surface area contributed by atoms with E-state index in [2.05, 4.69) is 74.9 Å². The van der Waals surface area contributed by atoms with Crippen molar-refractivity contribution >= 4 is 111 Å². The normalized spacial score (nSPS) is 23.2. The maximum atomic E-state index is 12.6. The topological polar surface area (TPSA) is 302 Å². The number of aryl methyl sites for hydroxylation is 1. The zero-order valence-corrected chi connectivity index (χ0v) is 52.8. The number of hydrogen-bond acceptors (Lipinski definition) is 20. The third-order valence-electron chi connectivity index (χ3n) is 15.5. The van der Waals surface area contributed by atoms with Crippen LogP contribution in [0.15, 0.2) is 69.6 Å². The number of carbonyl (C=O) groups is 8. The van der Waals surface area contributed by atoms with Crippen LogP contribution in [0.2, 0.25) is 0 Å². The van der Waals surface area contributed by atoms with Crippen LogP contribution in [0.5, 0.6) is 23.0 Å². The molecule has 28 heteroatoms. The molecule has 4 N–H and O–H groups in total. The molecular weight excluding hydrogens is 1250 g/mol. The summed E-state index contributed by atoms with van der Waals surface area (Å²) in [5.74, 6) is 1.28. The van der Waals surface area contributed by atoms with Crippen molar-refractivity contribution in [2.75, 3.05) is 73.2 Å². The van der Waals surface area contributed by atoms with Crippen molar-refractivity contribution in [3.63, 3.8) is 0 Å². The summed E-state index contributed by atoms with van der Waals surface area (Å²) in [5, 5.41) is 5.29. The maximum Gasteiger partial charge on any atom is 1.00 e. The predicted molar refractivity (Wildman–Crippen MR) is 308 cm³/mol. The van der Waals surface area contributed by atoms with Crippen molar-refractivity contribution in [3.05, 3.63) is 81.0 Å². The molecule has 6 fully saturated rings. The maximum absolute atomic E-state index is 12.6. The van der Waals surface area contributed by atoms with Gasteiger partial charge >= 0.3 is 41.5 Å². The standard InChI is InChI=1S/C26H28BrN3O5.C17H21BrN2O3.C8H6N2O3.C4H6O4.C2H3BO2.Na/c27-17-1-3-20-19(13-17)30(23(32)15-34-20)12-11-26-9-7-25(8-10-26,16-35-26)6-5-18-2-4-21-24(28-18)29-22(31)14-33-21;18-12-1-2-14-13(9-12)20(15(21)10-22-14)8-7-17-5-3-16(19,4-6-17)11-23-17;11-3-5-1-2-6-8(9-5)10-7(12)4-13-6;1-3(5)7-8-4(2)6;1-2(4)5-3;/h1-4,13H,5-12,14-16H2,(H,28,29,31);1-2,9H,3-8,10-11,19H2;1-3H,4H2,(H,9,10,12);1-2H3;1H3;/q;;;;-1;+1. The van der Waals surface area contributed by atoms with E-state index in [1.807, 2.05) is 58.3 Å². The molecule has 2 aromatic carbocycles. The van der Waals surface area contributed by atoms with Gasteiger partial charge in [0.15, 0.2) is 55.8 Å². The Morgan fingerprint density at radius 2 is 1.07 bits per heavy atom. The fourth-order valence-corrected chi connectivity index (χ4v) is 11.5. The van der Waals surface area contributed by atoms with E-state index in [9.17, 15) is 38.4 Å². The van der Waals surface area contributed by atoms with Crippen LogP contribution >= 0.6 is 31.9 Å². The average molecular weight is 1310 g/mol. The van der Waals surface area contributed by atoms with Gasteiger partial charge in [0, 0.05) is 54.0 Å². The molecule has 4 aromatic rings. The zero-order chi connectivity index (χ0) is 60.2. The SMILES string of the molecule is CC(=O)OOC(C)=O.NC12CCC(CCN3C(=O)COc4ccc(Br)cc43)(CC1)OC2.O=C1COc2ccc(CCC34CCC(CCN5C(=O)COc6ccc(Br)cc65)(CC3)OC4)nc2N1.O=Cc1ccc2c(n1)NC(=O)CO2.[B-]OC(C)=O.[Na+]. The minimum Gasteiger partial charge on any atom is -0.793 e. The van der Waals surface area contributed by atoms with Crippen LogP contribution < -0.4 is 74.7 Å². The van der Waals surface area contributed by atoms with Gasteiger partial charge in [0.1, 0.15) is 17.2 Å². The number of pyridine rings is 2. The Hall–Kier alpha value is -6.20. The molecule has 0 unspecified atom stereocenters. The van der Waals surface area contributed by atoms with E-state index < -0.39 is 17.9 Å². The van der Waals surface area contributed by atoms with E-state index >= 15 is 0 Å². The Balaban J connectivity index is 0.000000177. The van der Waals surface area contributed by atoms with Crippen molar-refractivity contribution in [3.8, 4) is 23.0 Å². The number of nitrogens with one attached hydrogen (secondary N) is 2. The summed E-state index contributed by atoms with van der Waals surface area (Å²) >= 11 is 6.98. The van der Waals surface area contributed by atoms with Crippen LogP contribution in [0.3, 0.4) is 0 Å². The van der Waals surface area contributed by atoms with Crippen LogP contribution in [0.4, 0.5) is 23.0 Å². The Bertz CT molecular complexity index is 3100. The Kier molecular flexibility index (Phi) is 23.0. The number of anilines is 4. The van der Waals surface area contributed by atoms with Crippen molar-refractivity contribution in [1.82, 2.24) is 9.97 Å². The van der Waals surface area contributed by atoms with Crippen molar-refractivity contribution in [2.45, 2.75) is 115 Å². The Labute approximate surface area is 530 Å². The van der Waals surface area contributed by atoms with Crippen LogP contribution in [-0.2, 0) is 63.9 Å². The quantitative estimate of drug-likeness (QED) is 0.0881. The fraction of sp³-hybridized carbons (Fsp3) is 0.474. The molecule has 2 aromatic heterocycles. The summed E-state index contributed by atoms with van der Waals surface area (Å²) < 4.78 is 39.7. The molecule has 4 bridgehead atoms. The van der Waals surface area contributed by atoms with Gasteiger partial charge in [-0.3, -0.25) is 28.8 Å². The fourth-order valence-electron chi connectivity index (χ4n) is 10.8. The third-order valence-corrected chi connectivity index (χ3v) is 16.5. The van der Waals surface area contributed by atoms with E-state index in [1.54, 1.807) is 6.07 Å². The monoisotopic (exact) mass is 1310 g/mol. The first-order chi connectivity index (χ1) is 40.1. The van der Waals surface area contributed by atoms with E-state index in [4.69, 9.17) is 34.2 Å². The average Bonchev–Trinajstić information content (AvgIpc) is 2.59. The molecule has 85 heavy (non-hydrogen) atoms. The van der Waals surface area contributed by atoms with Gasteiger partial charge in [-0.15, -0.1) is 0 Å². The molecule has 2 saturated carbocycles. The number of halogens is 2. The zero-order valence-electron chi connectivity index (χ0n) is 47.6. The summed E-state index contributed by atoms with van der Waals surface area (Å²) in [6, 6.07) is 18.6. The molecule has 4 amide bonds. The second-order valence-corrected chi connectivity index (χ2v) is 23.3. The van der Waals surface area contributed by atoms with Crippen molar-refractivity contribution < 1.29 is 111 Å². The van der Waals surface area contributed by atoms with E-state index in [-0.39, 0.29) is 107 Å². The van der Waals surface area contributed by atoms with Gasteiger partial charge in [0.25, 0.3) is 23.6 Å². The van der Waals surface area contributed by atoms with E-state index in [0.29, 0.717) is 49.1 Å². The number of carbonyl (C=O) groups excluding carboxylic acids is 8. The molecule has 14 rings (SSSR count). The first-order valence-electron chi connectivity index (χ1n) is 27.2. The number of nitrogens with two attached hydrogens (primary N) is 1. The number of rotatable bonds is 10. The number of benzene rings is 2. The summed E-state index contributed by atoms with van der Waals surface area (Å²) in [4.78, 5) is 107. The molecular formula is C57H64BBr2N7NaO17. The molecule has 8 aliphatic heterocycles. The first kappa shape index (κ1) is 66.3. The Morgan fingerprint density at radius 3 is 1.51 bits per heavy atom. The number of hydrogen-bond donors (Lipinski definition) is 3. The summed E-state index contributed by atoms with van der Waals surface area (Å²) in [6.45, 7) is 6.42. The summed E-state index contributed by atoms with van der Waals surface area (Å²) in [6.07, 6.45) is 12.4. The Morgan fingerprint density at radius 1 is 0.624 bits per heavy atom. The third kappa shape index (κ3) is 17.7. The summed E-state index contributed by atoms with van der Waals surface area (Å²) in [7, 11) is 4.32. The van der Waals surface area contributed by atoms with E-state index in [1.165, 1.54) is 13.0 Å². The van der Waals surface area contributed by atoms with Crippen LogP contribution in [0.1, 0.15) is 108 Å². The number of fused-ring (bicyclic) bond motifs is 10. The smallest absolute Gasteiger partial charge is 0.793 e. The molecule has 0 atom stereocenters. The molecule has 24 nitrogen and oxygen atoms in total. The molecule has 10 heterocycles. The molecule has 0 spiro atoms.